The average molecular weight is 467 g/mol. The molecule has 1 saturated heterocycles. The van der Waals surface area contributed by atoms with E-state index in [4.69, 9.17) is 16.3 Å². The van der Waals surface area contributed by atoms with Gasteiger partial charge in [0.1, 0.15) is 0 Å². The van der Waals surface area contributed by atoms with Gasteiger partial charge in [0, 0.05) is 18.8 Å². The van der Waals surface area contributed by atoms with E-state index in [0.29, 0.717) is 37.1 Å². The molecule has 0 unspecified atom stereocenters. The molecule has 3 rings (SSSR count). The van der Waals surface area contributed by atoms with Gasteiger partial charge in [-0.2, -0.15) is 4.31 Å². The van der Waals surface area contributed by atoms with E-state index in [0.717, 1.165) is 5.56 Å². The number of hydrogen-bond donors (Lipinski definition) is 1. The number of morpholine rings is 1. The summed E-state index contributed by atoms with van der Waals surface area (Å²) in [6, 6.07) is 14.3. The van der Waals surface area contributed by atoms with Gasteiger partial charge in [0.2, 0.25) is 15.9 Å². The summed E-state index contributed by atoms with van der Waals surface area (Å²) >= 11 is 7.62. The van der Waals surface area contributed by atoms with Gasteiger partial charge in [0.15, 0.2) is 0 Å². The number of carbonyl (C=O) groups is 1. The topological polar surface area (TPSA) is 75.7 Å². The predicted octanol–water partition coefficient (Wildman–Crippen LogP) is 3.75. The van der Waals surface area contributed by atoms with Gasteiger partial charge in [-0.05, 0) is 23.8 Å². The number of benzene rings is 2. The molecule has 2 aromatic carbocycles. The summed E-state index contributed by atoms with van der Waals surface area (Å²) in [5, 5.41) is 3.00. The number of nitrogens with zero attached hydrogens (tertiary/aromatic N) is 1. The molecule has 0 atom stereocenters. The fourth-order valence-electron chi connectivity index (χ4n) is 2.85. The van der Waals surface area contributed by atoms with Crippen molar-refractivity contribution in [3.63, 3.8) is 0 Å². The highest BCUT2D eigenvalue weighted by atomic mass is 35.5. The quantitative estimate of drug-likeness (QED) is 0.600. The van der Waals surface area contributed by atoms with E-state index in [1.165, 1.54) is 34.3 Å². The molecular weight excluding hydrogens is 444 g/mol. The van der Waals surface area contributed by atoms with Crippen molar-refractivity contribution in [1.29, 1.82) is 0 Å². The largest absolute Gasteiger partial charge is 0.379 e. The minimum absolute atomic E-state index is 0.0996. The van der Waals surface area contributed by atoms with Gasteiger partial charge >= 0.3 is 0 Å². The van der Waals surface area contributed by atoms with Crippen molar-refractivity contribution in [2.24, 2.45) is 0 Å². The second kappa shape index (κ2) is 11.0. The maximum Gasteiger partial charge on any atom is 0.243 e. The van der Waals surface area contributed by atoms with Crippen LogP contribution in [0, 0.1) is 0 Å². The Morgan fingerprint density at radius 2 is 1.90 bits per heavy atom. The van der Waals surface area contributed by atoms with E-state index >= 15 is 0 Å². The van der Waals surface area contributed by atoms with Crippen LogP contribution in [0.5, 0.6) is 0 Å². The minimum atomic E-state index is -3.66. The van der Waals surface area contributed by atoms with E-state index in [1.54, 1.807) is 0 Å². The van der Waals surface area contributed by atoms with Crippen molar-refractivity contribution in [1.82, 2.24) is 4.31 Å². The fourth-order valence-corrected chi connectivity index (χ4v) is 5.06. The molecule has 1 heterocycles. The lowest BCUT2D eigenvalue weighted by Crippen LogP contribution is -2.40. The highest BCUT2D eigenvalue weighted by Crippen LogP contribution is 2.27. The van der Waals surface area contributed by atoms with Gasteiger partial charge < -0.3 is 10.1 Å². The van der Waals surface area contributed by atoms with Gasteiger partial charge in [-0.25, -0.2) is 8.42 Å². The average Bonchev–Trinajstić information content (AvgIpc) is 2.76. The Balaban J connectivity index is 1.56. The van der Waals surface area contributed by atoms with Crippen molar-refractivity contribution in [3.05, 3.63) is 65.2 Å². The number of carbonyl (C=O) groups excluding carboxylic acids is 1. The van der Waals surface area contributed by atoms with Crippen LogP contribution in [0.1, 0.15) is 5.56 Å². The van der Waals surface area contributed by atoms with Crippen LogP contribution >= 0.6 is 23.4 Å². The number of anilines is 1. The Kier molecular flexibility index (Phi) is 8.35. The van der Waals surface area contributed by atoms with Crippen LogP contribution in [0.4, 0.5) is 5.69 Å². The summed E-state index contributed by atoms with van der Waals surface area (Å²) in [5.41, 5.74) is 1.39. The monoisotopic (exact) mass is 466 g/mol. The summed E-state index contributed by atoms with van der Waals surface area (Å²) in [6.07, 6.45) is 4.00. The van der Waals surface area contributed by atoms with Crippen molar-refractivity contribution < 1.29 is 17.9 Å². The Morgan fingerprint density at radius 1 is 1.17 bits per heavy atom. The maximum atomic E-state index is 12.8. The van der Waals surface area contributed by atoms with Crippen molar-refractivity contribution >= 4 is 51.1 Å². The summed E-state index contributed by atoms with van der Waals surface area (Å²) in [7, 11) is -3.66. The Hall–Kier alpha value is -1.84. The molecule has 0 aliphatic carbocycles. The first-order valence-corrected chi connectivity index (χ1v) is 12.4. The van der Waals surface area contributed by atoms with Gasteiger partial charge in [-0.3, -0.25) is 4.79 Å². The second-order valence-electron chi connectivity index (χ2n) is 6.53. The predicted molar refractivity (Wildman–Crippen MR) is 122 cm³/mol. The number of thioether (sulfide) groups is 1. The lowest BCUT2D eigenvalue weighted by atomic mass is 10.2. The molecule has 6 nitrogen and oxygen atoms in total. The molecule has 30 heavy (non-hydrogen) atoms. The zero-order chi connectivity index (χ0) is 21.4. The molecule has 0 aromatic heterocycles. The molecule has 0 bridgehead atoms. The zero-order valence-corrected chi connectivity index (χ0v) is 18.7. The number of sulfonamides is 1. The van der Waals surface area contributed by atoms with Crippen LogP contribution in [-0.2, 0) is 19.6 Å². The number of nitrogens with one attached hydrogen (secondary N) is 1. The van der Waals surface area contributed by atoms with Gasteiger partial charge in [-0.1, -0.05) is 54.1 Å². The molecule has 1 aliphatic rings. The van der Waals surface area contributed by atoms with Crippen LogP contribution < -0.4 is 5.32 Å². The number of amides is 1. The second-order valence-corrected chi connectivity index (χ2v) is 9.91. The molecule has 0 spiro atoms. The normalized spacial score (nSPS) is 15.4. The summed E-state index contributed by atoms with van der Waals surface area (Å²) < 4.78 is 32.2. The molecule has 9 heteroatoms. The van der Waals surface area contributed by atoms with E-state index in [1.807, 2.05) is 42.5 Å². The Bertz CT molecular complexity index is 991. The lowest BCUT2D eigenvalue weighted by Gasteiger charge is -2.26. The van der Waals surface area contributed by atoms with Crippen LogP contribution in [0.15, 0.2) is 59.5 Å². The van der Waals surface area contributed by atoms with Crippen LogP contribution in [0.25, 0.3) is 6.08 Å². The zero-order valence-electron chi connectivity index (χ0n) is 16.3. The number of hydrogen-bond acceptors (Lipinski definition) is 5. The van der Waals surface area contributed by atoms with Crippen molar-refractivity contribution in [2.45, 2.75) is 4.90 Å². The van der Waals surface area contributed by atoms with E-state index in [2.05, 4.69) is 5.32 Å². The Labute approximate surface area is 186 Å². The highest BCUT2D eigenvalue weighted by Gasteiger charge is 2.27. The van der Waals surface area contributed by atoms with Gasteiger partial charge in [0.25, 0.3) is 0 Å². The smallest absolute Gasteiger partial charge is 0.243 e. The summed E-state index contributed by atoms with van der Waals surface area (Å²) in [4.78, 5) is 12.4. The Morgan fingerprint density at radius 3 is 2.63 bits per heavy atom. The first-order valence-electron chi connectivity index (χ1n) is 9.43. The standard InChI is InChI=1S/C21H23ClN2O4S2/c22-19-9-8-18(30(26,27)24-10-12-28-13-11-24)15-20(19)23-21(25)16-29-14-4-7-17-5-2-1-3-6-17/h1-9,15H,10-14,16H2,(H,23,25)/b7-4+. The SMILES string of the molecule is O=C(CSC/C=C/c1ccccc1)Nc1cc(S(=O)(=O)N2CCOCC2)ccc1Cl. The minimum Gasteiger partial charge on any atom is -0.379 e. The first kappa shape index (κ1) is 22.8. The third-order valence-electron chi connectivity index (χ3n) is 4.38. The molecule has 0 radical (unpaired) electrons. The third-order valence-corrected chi connectivity index (χ3v) is 7.50. The first-order chi connectivity index (χ1) is 14.5. The van der Waals surface area contributed by atoms with E-state index < -0.39 is 10.0 Å². The van der Waals surface area contributed by atoms with Crippen molar-refractivity contribution in [2.75, 3.05) is 43.1 Å². The van der Waals surface area contributed by atoms with Crippen LogP contribution in [0.2, 0.25) is 5.02 Å². The highest BCUT2D eigenvalue weighted by molar-refractivity contribution is 8.00. The van der Waals surface area contributed by atoms with E-state index in [-0.39, 0.29) is 22.2 Å². The molecule has 1 fully saturated rings. The number of ether oxygens (including phenoxy) is 1. The molecule has 0 saturated carbocycles. The van der Waals surface area contributed by atoms with Gasteiger partial charge in [0.05, 0.1) is 34.6 Å². The molecular formula is C21H23ClN2O4S2. The number of rotatable bonds is 8. The summed E-state index contributed by atoms with van der Waals surface area (Å²) in [5.74, 6) is 0.674. The molecule has 1 amide bonds. The lowest BCUT2D eigenvalue weighted by molar-refractivity contribution is -0.113. The summed E-state index contributed by atoms with van der Waals surface area (Å²) in [6.45, 7) is 1.35. The third kappa shape index (κ3) is 6.33. The number of halogens is 1. The fraction of sp³-hybridized carbons (Fsp3) is 0.286. The molecule has 1 N–H and O–H groups in total. The van der Waals surface area contributed by atoms with Crippen LogP contribution in [-0.4, -0.2) is 56.4 Å². The molecule has 1 aliphatic heterocycles. The van der Waals surface area contributed by atoms with E-state index in [9.17, 15) is 13.2 Å². The van der Waals surface area contributed by atoms with Crippen molar-refractivity contribution in [3.8, 4) is 0 Å². The van der Waals surface area contributed by atoms with Gasteiger partial charge in [-0.15, -0.1) is 11.8 Å². The molecule has 160 valence electrons. The van der Waals surface area contributed by atoms with Crippen LogP contribution in [0.3, 0.4) is 0 Å². The molecule has 2 aromatic rings. The maximum absolute atomic E-state index is 12.8.